The fourth-order valence-corrected chi connectivity index (χ4v) is 5.21. The van der Waals surface area contributed by atoms with E-state index < -0.39 is 40.6 Å². The number of alkyl halides is 6. The lowest BCUT2D eigenvalue weighted by molar-refractivity contribution is -0.154. The number of sulfonamides is 1. The van der Waals surface area contributed by atoms with E-state index in [4.69, 9.17) is 0 Å². The third kappa shape index (κ3) is 7.92. The molecule has 0 saturated carbocycles. The molecule has 0 bridgehead atoms. The fraction of sp³-hybridized carbons (Fsp3) is 0.348. The Kier molecular flexibility index (Phi) is 8.15. The highest BCUT2D eigenvalue weighted by molar-refractivity contribution is 7.88. The van der Waals surface area contributed by atoms with Gasteiger partial charge in [-0.15, -0.1) is 0 Å². The lowest BCUT2D eigenvalue weighted by Crippen LogP contribution is -2.49. The van der Waals surface area contributed by atoms with Crippen molar-refractivity contribution in [3.05, 3.63) is 65.7 Å². The number of hydrogen-bond donors (Lipinski definition) is 1. The summed E-state index contributed by atoms with van der Waals surface area (Å²) in [7, 11) is -3.64. The zero-order valence-electron chi connectivity index (χ0n) is 20.1. The zero-order chi connectivity index (χ0) is 28.3. The van der Waals surface area contributed by atoms with Gasteiger partial charge >= 0.3 is 18.4 Å². The second-order valence-corrected chi connectivity index (χ2v) is 10.4. The molecule has 1 aliphatic heterocycles. The maximum atomic E-state index is 13.1. The molecular weight excluding hydrogens is 554 g/mol. The number of hydrogen-bond acceptors (Lipinski definition) is 8. The average Bonchev–Trinajstić information content (AvgIpc) is 2.87. The molecule has 9 nitrogen and oxygen atoms in total. The Morgan fingerprint density at radius 1 is 0.872 bits per heavy atom. The minimum Gasteiger partial charge on any atom is -0.454 e. The summed E-state index contributed by atoms with van der Waals surface area (Å²) in [6.45, 7) is -1.41. The van der Waals surface area contributed by atoms with E-state index in [1.54, 1.807) is 30.3 Å². The molecule has 1 aliphatic rings. The van der Waals surface area contributed by atoms with Gasteiger partial charge in [-0.25, -0.2) is 8.42 Å². The largest absolute Gasteiger partial charge is 0.454 e. The van der Waals surface area contributed by atoms with Crippen molar-refractivity contribution in [2.45, 2.75) is 18.1 Å². The smallest absolute Gasteiger partial charge is 0.422 e. The van der Waals surface area contributed by atoms with Crippen molar-refractivity contribution < 1.29 is 39.5 Å². The van der Waals surface area contributed by atoms with E-state index >= 15 is 0 Å². The van der Waals surface area contributed by atoms with Gasteiger partial charge in [0.2, 0.25) is 21.9 Å². The summed E-state index contributed by atoms with van der Waals surface area (Å²) in [5.41, 5.74) is -0.405. The van der Waals surface area contributed by atoms with E-state index in [1.165, 1.54) is 15.3 Å². The van der Waals surface area contributed by atoms with Crippen LogP contribution in [0.4, 0.5) is 43.9 Å². The van der Waals surface area contributed by atoms with Gasteiger partial charge in [-0.3, -0.25) is 0 Å². The van der Waals surface area contributed by atoms with Crippen LogP contribution in [0.2, 0.25) is 0 Å². The lowest BCUT2D eigenvalue weighted by Gasteiger charge is -2.34. The SMILES string of the molecule is O=S(=O)(Cc1ccccc1)N1CCN(c2nc(Nc3cccc(C(F)(F)F)c3)nc(OCC(F)(F)F)n2)CC1. The van der Waals surface area contributed by atoms with E-state index in [2.05, 4.69) is 25.0 Å². The van der Waals surface area contributed by atoms with Gasteiger partial charge in [0.15, 0.2) is 6.61 Å². The summed E-state index contributed by atoms with van der Waals surface area (Å²) in [5.74, 6) is -0.674. The standard InChI is InChI=1S/C23H22F6N6O3S/c24-22(25,26)15-38-21-32-19(30-18-8-4-7-17(13-18)23(27,28)29)31-20(33-21)34-9-11-35(12-10-34)39(36,37)14-16-5-2-1-3-6-16/h1-8,13H,9-12,14-15H2,(H,30,31,32,33). The Labute approximate surface area is 219 Å². The number of piperazine rings is 1. The Hall–Kier alpha value is -3.66. The van der Waals surface area contributed by atoms with E-state index in [0.29, 0.717) is 5.56 Å². The molecule has 16 heteroatoms. The van der Waals surface area contributed by atoms with Gasteiger partial charge in [0, 0.05) is 31.9 Å². The second-order valence-electron chi connectivity index (χ2n) is 8.48. The predicted molar refractivity (Wildman–Crippen MR) is 129 cm³/mol. The average molecular weight is 577 g/mol. The minimum atomic E-state index is -4.69. The quantitative estimate of drug-likeness (QED) is 0.398. The third-order valence-corrected chi connectivity index (χ3v) is 7.37. The molecule has 2 heterocycles. The molecule has 1 fully saturated rings. The summed E-state index contributed by atoms with van der Waals surface area (Å²) in [4.78, 5) is 13.3. The van der Waals surface area contributed by atoms with Gasteiger partial charge in [0.1, 0.15) is 0 Å². The van der Waals surface area contributed by atoms with Crippen LogP contribution in [0.3, 0.4) is 0 Å². The molecule has 4 rings (SSSR count). The number of anilines is 3. The maximum absolute atomic E-state index is 13.1. The molecule has 1 saturated heterocycles. The third-order valence-electron chi connectivity index (χ3n) is 5.52. The Bertz CT molecular complexity index is 1380. The Morgan fingerprint density at radius 2 is 1.56 bits per heavy atom. The van der Waals surface area contributed by atoms with Crippen LogP contribution in [-0.4, -0.2) is 66.6 Å². The number of aromatic nitrogens is 3. The van der Waals surface area contributed by atoms with Crippen LogP contribution in [0.1, 0.15) is 11.1 Å². The molecule has 0 amide bonds. The number of ether oxygens (including phenoxy) is 1. The molecule has 39 heavy (non-hydrogen) atoms. The lowest BCUT2D eigenvalue weighted by atomic mass is 10.2. The van der Waals surface area contributed by atoms with Crippen LogP contribution in [-0.2, 0) is 22.0 Å². The van der Waals surface area contributed by atoms with E-state index in [1.807, 2.05) is 0 Å². The van der Waals surface area contributed by atoms with Crippen molar-refractivity contribution >= 4 is 27.6 Å². The molecule has 0 atom stereocenters. The molecule has 0 radical (unpaired) electrons. The van der Waals surface area contributed by atoms with E-state index in [-0.39, 0.29) is 49.5 Å². The zero-order valence-corrected chi connectivity index (χ0v) is 20.9. The molecule has 1 aromatic heterocycles. The van der Waals surface area contributed by atoms with Gasteiger partial charge < -0.3 is 15.0 Å². The molecule has 2 aromatic carbocycles. The predicted octanol–water partition coefficient (Wildman–Crippen LogP) is 4.23. The van der Waals surface area contributed by atoms with Crippen LogP contribution in [0.15, 0.2) is 54.6 Å². The Balaban J connectivity index is 1.52. The highest BCUT2D eigenvalue weighted by Crippen LogP contribution is 2.31. The summed E-state index contributed by atoms with van der Waals surface area (Å²) in [5, 5.41) is 2.54. The van der Waals surface area contributed by atoms with Gasteiger partial charge in [0.25, 0.3) is 0 Å². The maximum Gasteiger partial charge on any atom is 0.422 e. The molecule has 0 unspecified atom stereocenters. The number of nitrogens with zero attached hydrogens (tertiary/aromatic N) is 5. The first-order chi connectivity index (χ1) is 18.3. The topological polar surface area (TPSA) is 101 Å². The number of halogens is 6. The summed E-state index contributed by atoms with van der Waals surface area (Å²) < 4.78 is 109. The van der Waals surface area contributed by atoms with Crippen molar-refractivity contribution in [1.29, 1.82) is 0 Å². The molecule has 3 aromatic rings. The molecule has 210 valence electrons. The van der Waals surface area contributed by atoms with Gasteiger partial charge in [-0.2, -0.15) is 45.6 Å². The molecule has 0 aliphatic carbocycles. The van der Waals surface area contributed by atoms with Crippen molar-refractivity contribution in [2.24, 2.45) is 0 Å². The number of rotatable bonds is 8. The highest BCUT2D eigenvalue weighted by atomic mass is 32.2. The summed E-state index contributed by atoms with van der Waals surface area (Å²) >= 11 is 0. The van der Waals surface area contributed by atoms with Crippen LogP contribution in [0.25, 0.3) is 0 Å². The molecule has 1 N–H and O–H groups in total. The molecular formula is C23H22F6N6O3S. The number of benzene rings is 2. The van der Waals surface area contributed by atoms with Crippen molar-refractivity contribution in [1.82, 2.24) is 19.3 Å². The van der Waals surface area contributed by atoms with Crippen molar-refractivity contribution in [2.75, 3.05) is 43.0 Å². The van der Waals surface area contributed by atoms with Gasteiger partial charge in [0.05, 0.1) is 11.3 Å². The second kappa shape index (κ2) is 11.2. The van der Waals surface area contributed by atoms with E-state index in [0.717, 1.165) is 18.2 Å². The van der Waals surface area contributed by atoms with Gasteiger partial charge in [-0.1, -0.05) is 36.4 Å². The minimum absolute atomic E-state index is 0.0516. The molecule has 0 spiro atoms. The first kappa shape index (κ1) is 28.4. The van der Waals surface area contributed by atoms with E-state index in [9.17, 15) is 34.8 Å². The highest BCUT2D eigenvalue weighted by Gasteiger charge is 2.32. The Morgan fingerprint density at radius 3 is 2.21 bits per heavy atom. The van der Waals surface area contributed by atoms with Gasteiger partial charge in [-0.05, 0) is 23.8 Å². The monoisotopic (exact) mass is 576 g/mol. The summed E-state index contributed by atoms with van der Waals surface area (Å²) in [6.07, 6.45) is -9.32. The van der Waals surface area contributed by atoms with Crippen LogP contribution in [0.5, 0.6) is 6.01 Å². The van der Waals surface area contributed by atoms with Crippen molar-refractivity contribution in [3.63, 3.8) is 0 Å². The fourth-order valence-electron chi connectivity index (χ4n) is 3.70. The summed E-state index contributed by atoms with van der Waals surface area (Å²) in [6, 6.07) is 12.0. The first-order valence-electron chi connectivity index (χ1n) is 11.5. The normalized spacial score (nSPS) is 15.3. The number of nitrogens with one attached hydrogen (secondary N) is 1. The first-order valence-corrected chi connectivity index (χ1v) is 13.1. The van der Waals surface area contributed by atoms with Crippen LogP contribution in [0, 0.1) is 0 Å². The van der Waals surface area contributed by atoms with Crippen molar-refractivity contribution in [3.8, 4) is 6.01 Å². The van der Waals surface area contributed by atoms with Crippen LogP contribution >= 0.6 is 0 Å². The van der Waals surface area contributed by atoms with Crippen LogP contribution < -0.4 is 15.0 Å².